The maximum absolute atomic E-state index is 12.1. The van der Waals surface area contributed by atoms with E-state index in [4.69, 9.17) is 9.72 Å². The van der Waals surface area contributed by atoms with Crippen LogP contribution in [0.25, 0.3) is 0 Å². The minimum Gasteiger partial charge on any atom is -0.374 e. The number of imidazole rings is 1. The predicted molar refractivity (Wildman–Crippen MR) is 73.0 cm³/mol. The quantitative estimate of drug-likeness (QED) is 0.780. The van der Waals surface area contributed by atoms with Gasteiger partial charge in [0.25, 0.3) is 6.43 Å². The van der Waals surface area contributed by atoms with Gasteiger partial charge in [-0.2, -0.15) is 0 Å². The number of ether oxygens (including phenoxy) is 1. The first-order chi connectivity index (χ1) is 9.58. The SMILES string of the molecule is CC(C)Cc1nc2c(n1CCOCC(F)F)CCNC2. The number of alkyl halides is 2. The second-order valence-electron chi connectivity index (χ2n) is 5.56. The van der Waals surface area contributed by atoms with E-state index in [1.54, 1.807) is 0 Å². The third-order valence-electron chi connectivity index (χ3n) is 3.36. The molecule has 0 unspecified atom stereocenters. The van der Waals surface area contributed by atoms with Gasteiger partial charge in [0, 0.05) is 38.2 Å². The third kappa shape index (κ3) is 3.99. The highest BCUT2D eigenvalue weighted by Crippen LogP contribution is 2.18. The van der Waals surface area contributed by atoms with Gasteiger partial charge in [0.15, 0.2) is 0 Å². The molecule has 0 spiro atoms. The van der Waals surface area contributed by atoms with Crippen LogP contribution in [-0.4, -0.2) is 35.7 Å². The van der Waals surface area contributed by atoms with Crippen LogP contribution in [0.2, 0.25) is 0 Å². The normalized spacial score (nSPS) is 15.1. The van der Waals surface area contributed by atoms with E-state index in [0.29, 0.717) is 19.1 Å². The summed E-state index contributed by atoms with van der Waals surface area (Å²) >= 11 is 0. The molecule has 114 valence electrons. The summed E-state index contributed by atoms with van der Waals surface area (Å²) in [6, 6.07) is 0. The monoisotopic (exact) mass is 287 g/mol. The summed E-state index contributed by atoms with van der Waals surface area (Å²) in [7, 11) is 0. The summed E-state index contributed by atoms with van der Waals surface area (Å²) in [6.45, 7) is 6.48. The van der Waals surface area contributed by atoms with E-state index in [0.717, 1.165) is 37.4 Å². The van der Waals surface area contributed by atoms with Crippen molar-refractivity contribution in [3.8, 4) is 0 Å². The molecule has 1 aromatic rings. The van der Waals surface area contributed by atoms with E-state index >= 15 is 0 Å². The van der Waals surface area contributed by atoms with Gasteiger partial charge in [0.05, 0.1) is 12.3 Å². The van der Waals surface area contributed by atoms with Gasteiger partial charge in [-0.1, -0.05) is 13.8 Å². The van der Waals surface area contributed by atoms with Crippen LogP contribution in [-0.2, 0) is 30.7 Å². The molecule has 20 heavy (non-hydrogen) atoms. The van der Waals surface area contributed by atoms with Crippen LogP contribution in [0.3, 0.4) is 0 Å². The van der Waals surface area contributed by atoms with E-state index in [1.165, 1.54) is 5.69 Å². The molecule has 1 aromatic heterocycles. The summed E-state index contributed by atoms with van der Waals surface area (Å²) in [5.41, 5.74) is 2.33. The fraction of sp³-hybridized carbons (Fsp3) is 0.786. The molecule has 0 aliphatic carbocycles. The lowest BCUT2D eigenvalue weighted by atomic mass is 10.1. The van der Waals surface area contributed by atoms with Crippen molar-refractivity contribution in [2.75, 3.05) is 19.8 Å². The lowest BCUT2D eigenvalue weighted by Crippen LogP contribution is -2.25. The molecule has 0 radical (unpaired) electrons. The molecule has 6 heteroatoms. The molecule has 0 bridgehead atoms. The van der Waals surface area contributed by atoms with Gasteiger partial charge in [-0.05, 0) is 5.92 Å². The Labute approximate surface area is 118 Å². The van der Waals surface area contributed by atoms with Gasteiger partial charge < -0.3 is 14.6 Å². The van der Waals surface area contributed by atoms with Gasteiger partial charge in [-0.15, -0.1) is 0 Å². The zero-order valence-corrected chi connectivity index (χ0v) is 12.2. The zero-order valence-electron chi connectivity index (χ0n) is 12.2. The summed E-state index contributed by atoms with van der Waals surface area (Å²) in [5.74, 6) is 1.57. The Hall–Kier alpha value is -1.01. The van der Waals surface area contributed by atoms with Gasteiger partial charge in [0.1, 0.15) is 12.4 Å². The molecular formula is C14H23F2N3O. The van der Waals surface area contributed by atoms with Crippen LogP contribution < -0.4 is 5.32 Å². The van der Waals surface area contributed by atoms with Crippen LogP contribution in [0.15, 0.2) is 0 Å². The molecule has 2 rings (SSSR count). The molecule has 2 heterocycles. The maximum atomic E-state index is 12.1. The Morgan fingerprint density at radius 2 is 2.20 bits per heavy atom. The molecular weight excluding hydrogens is 264 g/mol. The maximum Gasteiger partial charge on any atom is 0.261 e. The van der Waals surface area contributed by atoms with Crippen molar-refractivity contribution in [1.29, 1.82) is 0 Å². The van der Waals surface area contributed by atoms with Crippen molar-refractivity contribution < 1.29 is 13.5 Å². The summed E-state index contributed by atoms with van der Waals surface area (Å²) in [5, 5.41) is 3.31. The van der Waals surface area contributed by atoms with Crippen molar-refractivity contribution in [2.24, 2.45) is 5.92 Å². The Morgan fingerprint density at radius 3 is 2.90 bits per heavy atom. The second kappa shape index (κ2) is 7.13. The molecule has 0 fully saturated rings. The number of fused-ring (bicyclic) bond motifs is 1. The van der Waals surface area contributed by atoms with Crippen LogP contribution in [0, 0.1) is 5.92 Å². The molecule has 0 saturated heterocycles. The number of nitrogens with one attached hydrogen (secondary N) is 1. The molecule has 0 aromatic carbocycles. The fourth-order valence-electron chi connectivity index (χ4n) is 2.54. The second-order valence-corrected chi connectivity index (χ2v) is 5.56. The topological polar surface area (TPSA) is 39.1 Å². The van der Waals surface area contributed by atoms with Gasteiger partial charge >= 0.3 is 0 Å². The minimum absolute atomic E-state index is 0.311. The molecule has 1 aliphatic heterocycles. The fourth-order valence-corrected chi connectivity index (χ4v) is 2.54. The number of nitrogens with zero attached hydrogens (tertiary/aromatic N) is 2. The number of hydrogen-bond acceptors (Lipinski definition) is 3. The van der Waals surface area contributed by atoms with Crippen molar-refractivity contribution in [3.05, 3.63) is 17.2 Å². The van der Waals surface area contributed by atoms with Crippen molar-refractivity contribution in [1.82, 2.24) is 14.9 Å². The highest BCUT2D eigenvalue weighted by Gasteiger charge is 2.20. The molecule has 4 nitrogen and oxygen atoms in total. The molecule has 0 saturated carbocycles. The van der Waals surface area contributed by atoms with Crippen molar-refractivity contribution >= 4 is 0 Å². The highest BCUT2D eigenvalue weighted by atomic mass is 19.3. The summed E-state index contributed by atoms with van der Waals surface area (Å²) in [4.78, 5) is 4.70. The first kappa shape index (κ1) is 15.4. The highest BCUT2D eigenvalue weighted by molar-refractivity contribution is 5.20. The standard InChI is InChI=1S/C14H23F2N3O/c1-10(2)7-14-18-11-8-17-4-3-12(11)19(14)5-6-20-9-13(15)16/h10,13,17H,3-9H2,1-2H3. The van der Waals surface area contributed by atoms with Crippen molar-refractivity contribution in [3.63, 3.8) is 0 Å². The first-order valence-electron chi connectivity index (χ1n) is 7.21. The lowest BCUT2D eigenvalue weighted by Gasteiger charge is -2.16. The van der Waals surface area contributed by atoms with Gasteiger partial charge in [0.2, 0.25) is 0 Å². The average Bonchev–Trinajstić information content (AvgIpc) is 2.71. The van der Waals surface area contributed by atoms with Crippen LogP contribution in [0.4, 0.5) is 8.78 Å². The van der Waals surface area contributed by atoms with Crippen molar-refractivity contribution in [2.45, 2.75) is 46.2 Å². The van der Waals surface area contributed by atoms with E-state index in [9.17, 15) is 8.78 Å². The third-order valence-corrected chi connectivity index (χ3v) is 3.36. The smallest absolute Gasteiger partial charge is 0.261 e. The first-order valence-corrected chi connectivity index (χ1v) is 7.21. The zero-order chi connectivity index (χ0) is 14.5. The largest absolute Gasteiger partial charge is 0.374 e. The van der Waals surface area contributed by atoms with Crippen LogP contribution >= 0.6 is 0 Å². The number of rotatable bonds is 7. The van der Waals surface area contributed by atoms with E-state index in [1.807, 2.05) is 0 Å². The molecule has 0 atom stereocenters. The molecule has 1 N–H and O–H groups in total. The van der Waals surface area contributed by atoms with Crippen LogP contribution in [0.5, 0.6) is 0 Å². The lowest BCUT2D eigenvalue weighted by molar-refractivity contribution is 0.0144. The predicted octanol–water partition coefficient (Wildman–Crippen LogP) is 2.01. The number of hydrogen-bond donors (Lipinski definition) is 1. The van der Waals surface area contributed by atoms with Gasteiger partial charge in [-0.25, -0.2) is 13.8 Å². The van der Waals surface area contributed by atoms with Gasteiger partial charge in [-0.3, -0.25) is 0 Å². The Kier molecular flexibility index (Phi) is 5.48. The van der Waals surface area contributed by atoms with Crippen LogP contribution in [0.1, 0.15) is 31.1 Å². The Morgan fingerprint density at radius 1 is 1.40 bits per heavy atom. The average molecular weight is 287 g/mol. The summed E-state index contributed by atoms with van der Waals surface area (Å²) < 4.78 is 31.3. The minimum atomic E-state index is -2.40. The number of halogens is 2. The number of aromatic nitrogens is 2. The molecule has 0 amide bonds. The van der Waals surface area contributed by atoms with E-state index in [-0.39, 0.29) is 0 Å². The summed E-state index contributed by atoms with van der Waals surface area (Å²) in [6.07, 6.45) is -0.553. The Bertz CT molecular complexity index is 432. The van der Waals surface area contributed by atoms with E-state index < -0.39 is 13.0 Å². The Balaban J connectivity index is 2.05. The molecule has 1 aliphatic rings. The van der Waals surface area contributed by atoms with E-state index in [2.05, 4.69) is 23.7 Å².